The number of hydrogen-bond acceptors (Lipinski definition) is 3. The maximum absolute atomic E-state index is 13.6. The number of anilines is 1. The van der Waals surface area contributed by atoms with Gasteiger partial charge < -0.3 is 4.90 Å². The van der Waals surface area contributed by atoms with E-state index in [1.807, 2.05) is 0 Å². The van der Waals surface area contributed by atoms with Crippen LogP contribution in [-0.2, 0) is 6.54 Å². The highest BCUT2D eigenvalue weighted by atomic mass is 19.1. The molecule has 0 aromatic heterocycles. The van der Waals surface area contributed by atoms with Gasteiger partial charge in [-0.25, -0.2) is 4.39 Å². The molecule has 1 aliphatic carbocycles. The van der Waals surface area contributed by atoms with Crippen molar-refractivity contribution in [1.82, 2.24) is 4.90 Å². The van der Waals surface area contributed by atoms with E-state index in [1.165, 1.54) is 55.5 Å². The Bertz CT molecular complexity index is 826. The Kier molecular flexibility index (Phi) is 5.92. The van der Waals surface area contributed by atoms with Crippen LogP contribution in [0.25, 0.3) is 0 Å². The number of nitriles is 1. The second-order valence-electron chi connectivity index (χ2n) is 8.10. The minimum atomic E-state index is -0.273. The summed E-state index contributed by atoms with van der Waals surface area (Å²) in [6.07, 6.45) is 6.80. The Morgan fingerprint density at radius 2 is 1.64 bits per heavy atom. The molecule has 2 aliphatic rings. The second kappa shape index (κ2) is 8.75. The number of halogens is 1. The standard InChI is InChI=1S/C24H28FN3/c25-23-9-6-21(17-26)22(16-23)18-27-12-14-28(15-13-27)24-10-7-20(8-11-24)19-4-2-1-3-5-19/h6-11,16,19H,1-5,12-15,18H2. The number of hydrogen-bond donors (Lipinski definition) is 0. The van der Waals surface area contributed by atoms with Crippen molar-refractivity contribution in [2.24, 2.45) is 0 Å². The summed E-state index contributed by atoms with van der Waals surface area (Å²) in [6, 6.07) is 15.8. The van der Waals surface area contributed by atoms with Crippen LogP contribution in [0.15, 0.2) is 42.5 Å². The average molecular weight is 378 g/mol. The lowest BCUT2D eigenvalue weighted by Crippen LogP contribution is -2.46. The highest BCUT2D eigenvalue weighted by molar-refractivity contribution is 5.48. The minimum absolute atomic E-state index is 0.273. The van der Waals surface area contributed by atoms with Gasteiger partial charge in [0.1, 0.15) is 5.82 Å². The van der Waals surface area contributed by atoms with Crippen LogP contribution in [0.4, 0.5) is 10.1 Å². The first-order chi connectivity index (χ1) is 13.7. The van der Waals surface area contributed by atoms with Crippen molar-refractivity contribution in [3.05, 3.63) is 65.0 Å². The summed E-state index contributed by atoms with van der Waals surface area (Å²) in [4.78, 5) is 4.74. The van der Waals surface area contributed by atoms with Crippen molar-refractivity contribution in [3.8, 4) is 6.07 Å². The zero-order valence-corrected chi connectivity index (χ0v) is 16.4. The highest BCUT2D eigenvalue weighted by Crippen LogP contribution is 2.33. The molecule has 0 radical (unpaired) electrons. The quantitative estimate of drug-likeness (QED) is 0.745. The van der Waals surface area contributed by atoms with Crippen LogP contribution in [-0.4, -0.2) is 31.1 Å². The molecule has 0 N–H and O–H groups in total. The van der Waals surface area contributed by atoms with Gasteiger partial charge in [0, 0.05) is 38.4 Å². The van der Waals surface area contributed by atoms with E-state index in [1.54, 1.807) is 6.07 Å². The van der Waals surface area contributed by atoms with Crippen LogP contribution in [0, 0.1) is 17.1 Å². The van der Waals surface area contributed by atoms with E-state index in [0.717, 1.165) is 37.7 Å². The van der Waals surface area contributed by atoms with Gasteiger partial charge in [-0.3, -0.25) is 4.90 Å². The molecule has 0 bridgehead atoms. The molecular formula is C24H28FN3. The van der Waals surface area contributed by atoms with E-state index in [2.05, 4.69) is 40.1 Å². The Hall–Kier alpha value is -2.38. The van der Waals surface area contributed by atoms with Gasteiger partial charge in [-0.15, -0.1) is 0 Å². The molecule has 146 valence electrons. The zero-order chi connectivity index (χ0) is 19.3. The summed E-state index contributed by atoms with van der Waals surface area (Å²) in [5.74, 6) is 0.478. The molecule has 2 fully saturated rings. The number of rotatable bonds is 4. The number of nitrogens with zero attached hydrogens (tertiary/aromatic N) is 3. The van der Waals surface area contributed by atoms with E-state index < -0.39 is 0 Å². The van der Waals surface area contributed by atoms with Crippen molar-refractivity contribution in [3.63, 3.8) is 0 Å². The van der Waals surface area contributed by atoms with Gasteiger partial charge >= 0.3 is 0 Å². The SMILES string of the molecule is N#Cc1ccc(F)cc1CN1CCN(c2ccc(C3CCCCC3)cc2)CC1. The summed E-state index contributed by atoms with van der Waals surface area (Å²) in [7, 11) is 0. The lowest BCUT2D eigenvalue weighted by atomic mass is 9.84. The molecule has 0 spiro atoms. The van der Waals surface area contributed by atoms with E-state index in [-0.39, 0.29) is 5.82 Å². The van der Waals surface area contributed by atoms with Crippen LogP contribution in [0.2, 0.25) is 0 Å². The van der Waals surface area contributed by atoms with E-state index >= 15 is 0 Å². The van der Waals surface area contributed by atoms with Gasteiger partial charge in [0.25, 0.3) is 0 Å². The summed E-state index contributed by atoms with van der Waals surface area (Å²) in [6.45, 7) is 4.40. The van der Waals surface area contributed by atoms with Gasteiger partial charge in [0.15, 0.2) is 0 Å². The van der Waals surface area contributed by atoms with Gasteiger partial charge in [-0.2, -0.15) is 5.26 Å². The number of piperazine rings is 1. The lowest BCUT2D eigenvalue weighted by Gasteiger charge is -2.36. The van der Waals surface area contributed by atoms with Crippen LogP contribution in [0.3, 0.4) is 0 Å². The van der Waals surface area contributed by atoms with Crippen molar-refractivity contribution in [2.45, 2.75) is 44.6 Å². The Morgan fingerprint density at radius 1 is 0.929 bits per heavy atom. The van der Waals surface area contributed by atoms with Crippen molar-refractivity contribution in [2.75, 3.05) is 31.1 Å². The first-order valence-electron chi connectivity index (χ1n) is 10.5. The molecule has 1 aliphatic heterocycles. The van der Waals surface area contributed by atoms with Crippen molar-refractivity contribution >= 4 is 5.69 Å². The third-order valence-corrected chi connectivity index (χ3v) is 6.29. The second-order valence-corrected chi connectivity index (χ2v) is 8.10. The molecule has 0 amide bonds. The topological polar surface area (TPSA) is 30.3 Å². The van der Waals surface area contributed by atoms with Gasteiger partial charge in [-0.1, -0.05) is 31.4 Å². The predicted molar refractivity (Wildman–Crippen MR) is 111 cm³/mol. The maximum atomic E-state index is 13.6. The van der Waals surface area contributed by atoms with E-state index in [0.29, 0.717) is 12.1 Å². The molecule has 2 aromatic carbocycles. The number of benzene rings is 2. The average Bonchev–Trinajstić information content (AvgIpc) is 2.75. The first-order valence-corrected chi connectivity index (χ1v) is 10.5. The maximum Gasteiger partial charge on any atom is 0.123 e. The zero-order valence-electron chi connectivity index (χ0n) is 16.4. The molecule has 1 saturated carbocycles. The van der Waals surface area contributed by atoms with Crippen molar-refractivity contribution in [1.29, 1.82) is 5.26 Å². The smallest absolute Gasteiger partial charge is 0.123 e. The Morgan fingerprint density at radius 3 is 2.32 bits per heavy atom. The normalized spacial score (nSPS) is 18.8. The fourth-order valence-corrected chi connectivity index (χ4v) is 4.60. The van der Waals surface area contributed by atoms with Crippen LogP contribution >= 0.6 is 0 Å². The monoisotopic (exact) mass is 377 g/mol. The predicted octanol–water partition coefficient (Wildman–Crippen LogP) is 5.07. The third-order valence-electron chi connectivity index (χ3n) is 6.29. The van der Waals surface area contributed by atoms with E-state index in [9.17, 15) is 9.65 Å². The van der Waals surface area contributed by atoms with E-state index in [4.69, 9.17) is 0 Å². The highest BCUT2D eigenvalue weighted by Gasteiger charge is 2.20. The molecule has 1 heterocycles. The van der Waals surface area contributed by atoms with Crippen molar-refractivity contribution < 1.29 is 4.39 Å². The summed E-state index contributed by atoms with van der Waals surface area (Å²) in [5, 5.41) is 9.25. The molecule has 0 atom stereocenters. The Balaban J connectivity index is 1.34. The molecule has 2 aromatic rings. The lowest BCUT2D eigenvalue weighted by molar-refractivity contribution is 0.249. The largest absolute Gasteiger partial charge is 0.369 e. The van der Waals surface area contributed by atoms with Crippen LogP contribution < -0.4 is 4.90 Å². The molecule has 4 rings (SSSR count). The fraction of sp³-hybridized carbons (Fsp3) is 0.458. The fourth-order valence-electron chi connectivity index (χ4n) is 4.60. The molecule has 3 nitrogen and oxygen atoms in total. The molecule has 0 unspecified atom stereocenters. The van der Waals surface area contributed by atoms with Gasteiger partial charge in [0.2, 0.25) is 0 Å². The van der Waals surface area contributed by atoms with Gasteiger partial charge in [0.05, 0.1) is 11.6 Å². The molecule has 28 heavy (non-hydrogen) atoms. The van der Waals surface area contributed by atoms with Crippen LogP contribution in [0.5, 0.6) is 0 Å². The third kappa shape index (κ3) is 4.36. The van der Waals surface area contributed by atoms with Crippen LogP contribution in [0.1, 0.15) is 54.7 Å². The molecule has 4 heteroatoms. The molecule has 1 saturated heterocycles. The summed E-state index contributed by atoms with van der Waals surface area (Å²) in [5.41, 5.74) is 4.15. The minimum Gasteiger partial charge on any atom is -0.369 e. The molecular weight excluding hydrogens is 349 g/mol. The summed E-state index contributed by atoms with van der Waals surface area (Å²) < 4.78 is 13.6. The first kappa shape index (κ1) is 19.0. The Labute approximate surface area is 167 Å². The van der Waals surface area contributed by atoms with Gasteiger partial charge in [-0.05, 0) is 60.2 Å². The summed E-state index contributed by atoms with van der Waals surface area (Å²) >= 11 is 0.